The largest absolute Gasteiger partial charge is 0.509 e. The molecule has 0 saturated carbocycles. The van der Waals surface area contributed by atoms with Crippen molar-refractivity contribution in [2.75, 3.05) is 27.1 Å². The summed E-state index contributed by atoms with van der Waals surface area (Å²) in [7, 11) is 3.16. The van der Waals surface area contributed by atoms with E-state index in [2.05, 4.69) is 16.8 Å². The number of hydrogen-bond acceptors (Lipinski definition) is 10. The number of nitriles is 1. The van der Waals surface area contributed by atoms with Crippen LogP contribution in [0.4, 0.5) is 4.79 Å². The summed E-state index contributed by atoms with van der Waals surface area (Å²) in [5.41, 5.74) is 4.78. The molecule has 2 aliphatic heterocycles. The lowest BCUT2D eigenvalue weighted by Gasteiger charge is -2.41. The van der Waals surface area contributed by atoms with Gasteiger partial charge in [0, 0.05) is 6.42 Å². The number of benzene rings is 1. The van der Waals surface area contributed by atoms with Gasteiger partial charge in [-0.2, -0.15) is 10.3 Å². The Morgan fingerprint density at radius 1 is 1.34 bits per heavy atom. The van der Waals surface area contributed by atoms with Crippen LogP contribution in [0, 0.1) is 11.3 Å². The lowest BCUT2D eigenvalue weighted by atomic mass is 9.98. The Bertz CT molecular complexity index is 840. The summed E-state index contributed by atoms with van der Waals surface area (Å²) >= 11 is 1.45. The quantitative estimate of drug-likeness (QED) is 0.667. The average molecular weight is 420 g/mol. The summed E-state index contributed by atoms with van der Waals surface area (Å²) in [5, 5.41) is 15.6. The molecule has 3 atom stereocenters. The maximum atomic E-state index is 11.9. The monoisotopic (exact) mass is 420 g/mol. The summed E-state index contributed by atoms with van der Waals surface area (Å²) in [5.74, 6) is 1.22. The topological polar surface area (TPSA) is 105 Å². The van der Waals surface area contributed by atoms with Crippen LogP contribution in [-0.2, 0) is 9.47 Å². The van der Waals surface area contributed by atoms with Crippen molar-refractivity contribution in [2.45, 2.75) is 31.8 Å². The second-order valence-corrected chi connectivity index (χ2v) is 7.12. The molecule has 1 saturated heterocycles. The second kappa shape index (κ2) is 9.26. The van der Waals surface area contributed by atoms with E-state index in [0.717, 1.165) is 10.6 Å². The first-order valence-corrected chi connectivity index (χ1v) is 10.3. The first kappa shape index (κ1) is 21.1. The van der Waals surface area contributed by atoms with Crippen LogP contribution in [0.3, 0.4) is 0 Å². The summed E-state index contributed by atoms with van der Waals surface area (Å²) in [6.45, 7) is 1.94. The van der Waals surface area contributed by atoms with Crippen LogP contribution < -0.4 is 20.2 Å². The van der Waals surface area contributed by atoms with Crippen LogP contribution in [0.2, 0.25) is 0 Å². The molecule has 3 rings (SSSR count). The standard InChI is InChI=1S/C19H24N4O5S/c1-5-27-19(24)28-16-9-13(11-6-7-14(25-2)15(8-11)26-3)23-17(21-16)12(10-20)18(22-23)29-4/h6-8,13,16-17,21-22H,5,9H2,1-4H3. The molecule has 10 heteroatoms. The van der Waals surface area contributed by atoms with Crippen LogP contribution in [0.15, 0.2) is 28.8 Å². The molecule has 156 valence electrons. The molecule has 1 aromatic carbocycles. The van der Waals surface area contributed by atoms with Gasteiger partial charge in [-0.3, -0.25) is 5.32 Å². The minimum Gasteiger partial charge on any atom is -0.493 e. The predicted molar refractivity (Wildman–Crippen MR) is 107 cm³/mol. The van der Waals surface area contributed by atoms with Crippen molar-refractivity contribution in [1.29, 1.82) is 5.26 Å². The lowest BCUT2D eigenvalue weighted by molar-refractivity contribution is -0.0549. The van der Waals surface area contributed by atoms with E-state index in [-0.39, 0.29) is 12.6 Å². The Labute approximate surface area is 173 Å². The molecule has 0 aromatic heterocycles. The zero-order valence-electron chi connectivity index (χ0n) is 16.7. The van der Waals surface area contributed by atoms with Gasteiger partial charge in [0.2, 0.25) is 0 Å². The SMILES string of the molecule is CCOC(=O)OC1CC(c2ccc(OC)c(OC)c2)N2NC(SC)=C(C#N)C2N1. The van der Waals surface area contributed by atoms with Gasteiger partial charge in [-0.05, 0) is 30.9 Å². The van der Waals surface area contributed by atoms with Gasteiger partial charge in [0.15, 0.2) is 17.7 Å². The first-order valence-electron chi connectivity index (χ1n) is 9.10. The van der Waals surface area contributed by atoms with Gasteiger partial charge >= 0.3 is 6.16 Å². The molecule has 1 aromatic rings. The van der Waals surface area contributed by atoms with E-state index in [1.54, 1.807) is 21.1 Å². The van der Waals surface area contributed by atoms with Crippen LogP contribution in [0.25, 0.3) is 0 Å². The van der Waals surface area contributed by atoms with Crippen molar-refractivity contribution >= 4 is 17.9 Å². The van der Waals surface area contributed by atoms with Crippen molar-refractivity contribution in [2.24, 2.45) is 0 Å². The van der Waals surface area contributed by atoms with Gasteiger partial charge in [0.25, 0.3) is 0 Å². The Morgan fingerprint density at radius 2 is 2.10 bits per heavy atom. The summed E-state index contributed by atoms with van der Waals surface area (Å²) < 4.78 is 21.1. The van der Waals surface area contributed by atoms with E-state index in [1.807, 2.05) is 29.5 Å². The van der Waals surface area contributed by atoms with Gasteiger partial charge in [-0.1, -0.05) is 6.07 Å². The fraction of sp³-hybridized carbons (Fsp3) is 0.474. The predicted octanol–water partition coefficient (Wildman–Crippen LogP) is 2.48. The van der Waals surface area contributed by atoms with Crippen LogP contribution in [0.1, 0.15) is 24.9 Å². The first-order chi connectivity index (χ1) is 14.1. The highest BCUT2D eigenvalue weighted by Crippen LogP contribution is 2.40. The van der Waals surface area contributed by atoms with Gasteiger partial charge in [-0.15, -0.1) is 11.8 Å². The number of rotatable bonds is 6. The van der Waals surface area contributed by atoms with Gasteiger partial charge in [0.05, 0.1) is 37.5 Å². The molecule has 2 N–H and O–H groups in total. The summed E-state index contributed by atoms with van der Waals surface area (Å²) in [4.78, 5) is 11.9. The Hall–Kier alpha value is -2.61. The maximum Gasteiger partial charge on any atom is 0.509 e. The molecule has 1 fully saturated rings. The third-order valence-electron chi connectivity index (χ3n) is 4.76. The minimum absolute atomic E-state index is 0.200. The molecule has 3 unspecified atom stereocenters. The van der Waals surface area contributed by atoms with E-state index in [4.69, 9.17) is 18.9 Å². The summed E-state index contributed by atoms with van der Waals surface area (Å²) in [6, 6.07) is 7.70. The number of nitrogens with zero attached hydrogens (tertiary/aromatic N) is 2. The van der Waals surface area contributed by atoms with Crippen LogP contribution in [-0.4, -0.2) is 50.6 Å². The molecule has 9 nitrogen and oxygen atoms in total. The van der Waals surface area contributed by atoms with E-state index in [1.165, 1.54) is 11.8 Å². The number of methoxy groups -OCH3 is 2. The molecule has 0 radical (unpaired) electrons. The van der Waals surface area contributed by atoms with Crippen molar-refractivity contribution in [3.8, 4) is 17.6 Å². The minimum atomic E-state index is -0.747. The Balaban J connectivity index is 1.94. The maximum absolute atomic E-state index is 11.9. The van der Waals surface area contributed by atoms with E-state index in [9.17, 15) is 10.1 Å². The van der Waals surface area contributed by atoms with Crippen molar-refractivity contribution in [3.63, 3.8) is 0 Å². The number of carbonyl (C=O) groups excluding carboxylic acids is 1. The molecule has 2 aliphatic rings. The zero-order valence-corrected chi connectivity index (χ0v) is 17.5. The lowest BCUT2D eigenvalue weighted by Crippen LogP contribution is -2.59. The number of carbonyl (C=O) groups is 1. The number of hydrogen-bond donors (Lipinski definition) is 2. The van der Waals surface area contributed by atoms with Crippen molar-refractivity contribution in [1.82, 2.24) is 15.8 Å². The van der Waals surface area contributed by atoms with Crippen molar-refractivity contribution < 1.29 is 23.7 Å². The Kier molecular flexibility index (Phi) is 6.74. The molecule has 2 heterocycles. The van der Waals surface area contributed by atoms with Crippen LogP contribution >= 0.6 is 11.8 Å². The van der Waals surface area contributed by atoms with Gasteiger partial charge in [-0.25, -0.2) is 4.79 Å². The van der Waals surface area contributed by atoms with E-state index >= 15 is 0 Å². The Morgan fingerprint density at radius 3 is 2.72 bits per heavy atom. The number of hydrazine groups is 1. The summed E-state index contributed by atoms with van der Waals surface area (Å²) in [6.07, 6.45) is 0.519. The number of fused-ring (bicyclic) bond motifs is 1. The number of thioether (sulfide) groups is 1. The number of nitrogens with one attached hydrogen (secondary N) is 2. The van der Waals surface area contributed by atoms with Crippen molar-refractivity contribution in [3.05, 3.63) is 34.4 Å². The van der Waals surface area contributed by atoms with Gasteiger partial charge in [0.1, 0.15) is 12.2 Å². The molecule has 0 amide bonds. The van der Waals surface area contributed by atoms with E-state index in [0.29, 0.717) is 23.5 Å². The molecular formula is C19H24N4O5S. The molecule has 0 aliphatic carbocycles. The highest BCUT2D eigenvalue weighted by molar-refractivity contribution is 8.02. The number of ether oxygens (including phenoxy) is 4. The highest BCUT2D eigenvalue weighted by Gasteiger charge is 2.45. The smallest absolute Gasteiger partial charge is 0.493 e. The third-order valence-corrected chi connectivity index (χ3v) is 5.48. The molecule has 0 bridgehead atoms. The fourth-order valence-corrected chi connectivity index (χ4v) is 4.04. The fourth-order valence-electron chi connectivity index (χ4n) is 3.46. The normalized spacial score (nSPS) is 23.6. The average Bonchev–Trinajstić information content (AvgIpc) is 3.10. The molecule has 0 spiro atoms. The zero-order chi connectivity index (χ0) is 21.0. The molecular weight excluding hydrogens is 396 g/mol. The van der Waals surface area contributed by atoms with Gasteiger partial charge < -0.3 is 24.4 Å². The third kappa shape index (κ3) is 4.22. The molecule has 29 heavy (non-hydrogen) atoms. The van der Waals surface area contributed by atoms with Crippen LogP contribution in [0.5, 0.6) is 11.5 Å². The second-order valence-electron chi connectivity index (χ2n) is 6.30. The highest BCUT2D eigenvalue weighted by atomic mass is 32.2. The van der Waals surface area contributed by atoms with E-state index < -0.39 is 18.5 Å².